The highest BCUT2D eigenvalue weighted by molar-refractivity contribution is 6.15. The largest absolute Gasteiger partial charge is 0.285 e. The number of halogens is 1. The predicted molar refractivity (Wildman–Crippen MR) is 88.6 cm³/mol. The van der Waals surface area contributed by atoms with Crippen molar-refractivity contribution in [3.8, 4) is 5.69 Å². The Balaban J connectivity index is 1.97. The van der Waals surface area contributed by atoms with Crippen molar-refractivity contribution < 1.29 is 9.31 Å². The predicted octanol–water partition coefficient (Wildman–Crippen LogP) is 2.71. The van der Waals surface area contributed by atoms with E-state index in [0.717, 1.165) is 5.82 Å². The van der Waals surface area contributed by atoms with Gasteiger partial charge in [0.25, 0.3) is 5.69 Å². The van der Waals surface area contributed by atoms with Gasteiger partial charge in [0.15, 0.2) is 0 Å². The summed E-state index contributed by atoms with van der Waals surface area (Å²) in [4.78, 5) is 15.4. The Morgan fingerprint density at radius 3 is 2.72 bits per heavy atom. The average Bonchev–Trinajstić information content (AvgIpc) is 3.05. The molecule has 2 heterocycles. The first-order valence-corrected chi connectivity index (χ1v) is 7.62. The Bertz CT molecular complexity index is 995. The highest BCUT2D eigenvalue weighted by Gasteiger charge is 2.21. The lowest BCUT2D eigenvalue weighted by Crippen LogP contribution is -2.15. The fourth-order valence-corrected chi connectivity index (χ4v) is 2.88. The van der Waals surface area contributed by atoms with Crippen LogP contribution in [0.2, 0.25) is 0 Å². The van der Waals surface area contributed by atoms with Crippen LogP contribution in [0.3, 0.4) is 0 Å². The van der Waals surface area contributed by atoms with Crippen LogP contribution >= 0.6 is 0 Å². The van der Waals surface area contributed by atoms with Gasteiger partial charge in [0.05, 0.1) is 16.3 Å². The minimum Gasteiger partial charge on any atom is -0.285 e. The number of benzene rings is 2. The lowest BCUT2D eigenvalue weighted by Gasteiger charge is -2.17. The smallest absolute Gasteiger partial charge is 0.270 e. The number of fused-ring (bicyclic) bond motifs is 3. The van der Waals surface area contributed by atoms with E-state index in [1.807, 2.05) is 0 Å². The van der Waals surface area contributed by atoms with E-state index in [9.17, 15) is 14.5 Å². The van der Waals surface area contributed by atoms with Crippen molar-refractivity contribution in [2.75, 3.05) is 6.54 Å². The summed E-state index contributed by atoms with van der Waals surface area (Å²) in [6.07, 6.45) is 2.16. The Morgan fingerprint density at radius 1 is 1.16 bits per heavy atom. The van der Waals surface area contributed by atoms with Crippen molar-refractivity contribution in [1.29, 1.82) is 0 Å². The summed E-state index contributed by atoms with van der Waals surface area (Å²) < 4.78 is 15.1. The average molecular weight is 337 g/mol. The van der Waals surface area contributed by atoms with E-state index in [4.69, 9.17) is 0 Å². The second-order valence-electron chi connectivity index (χ2n) is 5.56. The number of rotatable bonds is 2. The van der Waals surface area contributed by atoms with Crippen LogP contribution in [-0.4, -0.2) is 31.9 Å². The molecule has 3 aromatic rings. The molecule has 2 aromatic carbocycles. The summed E-state index contributed by atoms with van der Waals surface area (Å²) in [6, 6.07) is 10.5. The van der Waals surface area contributed by atoms with Gasteiger partial charge in [-0.1, -0.05) is 0 Å². The van der Waals surface area contributed by atoms with Crippen molar-refractivity contribution in [3.63, 3.8) is 0 Å². The van der Waals surface area contributed by atoms with Crippen LogP contribution in [0.4, 0.5) is 10.1 Å². The fraction of sp³-hybridized carbons (Fsp3) is 0.118. The molecule has 1 aromatic heterocycles. The highest BCUT2D eigenvalue weighted by atomic mass is 19.1. The number of non-ortho nitro benzene ring substituents is 1. The molecule has 0 atom stereocenters. The zero-order chi connectivity index (χ0) is 17.4. The number of hydrogen-bond donors (Lipinski definition) is 0. The molecule has 0 radical (unpaired) electrons. The van der Waals surface area contributed by atoms with E-state index in [1.165, 1.54) is 24.3 Å². The molecule has 0 spiro atoms. The van der Waals surface area contributed by atoms with E-state index in [-0.39, 0.29) is 11.5 Å². The van der Waals surface area contributed by atoms with Gasteiger partial charge < -0.3 is 0 Å². The lowest BCUT2D eigenvalue weighted by atomic mass is 9.99. The summed E-state index contributed by atoms with van der Waals surface area (Å²) in [5.41, 5.74) is 2.52. The van der Waals surface area contributed by atoms with Gasteiger partial charge in [-0.05, 0) is 30.3 Å². The van der Waals surface area contributed by atoms with Gasteiger partial charge in [-0.2, -0.15) is 0 Å². The Kier molecular flexibility index (Phi) is 3.57. The van der Waals surface area contributed by atoms with Gasteiger partial charge >= 0.3 is 0 Å². The molecule has 0 fully saturated rings. The molecular formula is C17H12FN5O2. The minimum absolute atomic E-state index is 0.0382. The standard InChI is InChI=1S/C17H12FN5O2/c18-12-3-1-11(2-4-12)17-14-9-13(23(24)25)5-6-15(14)22-10-20-21-16(22)7-8-19-17/h1-6,9-10H,7-8H2. The molecule has 7 nitrogen and oxygen atoms in total. The maximum absolute atomic E-state index is 13.3. The number of nitro groups is 1. The second kappa shape index (κ2) is 5.90. The monoisotopic (exact) mass is 337 g/mol. The Labute approximate surface area is 141 Å². The van der Waals surface area contributed by atoms with Crippen molar-refractivity contribution in [2.45, 2.75) is 6.42 Å². The molecular weight excluding hydrogens is 325 g/mol. The van der Waals surface area contributed by atoms with Crippen LogP contribution in [0.1, 0.15) is 17.0 Å². The van der Waals surface area contributed by atoms with E-state index in [1.54, 1.807) is 29.1 Å². The van der Waals surface area contributed by atoms with Gasteiger partial charge in [0, 0.05) is 36.2 Å². The van der Waals surface area contributed by atoms with Gasteiger partial charge in [0.1, 0.15) is 18.0 Å². The minimum atomic E-state index is -0.450. The molecule has 0 saturated heterocycles. The van der Waals surface area contributed by atoms with Gasteiger partial charge in [-0.3, -0.25) is 19.7 Å². The molecule has 0 saturated carbocycles. The molecule has 0 amide bonds. The van der Waals surface area contributed by atoms with Crippen LogP contribution in [0.25, 0.3) is 5.69 Å². The van der Waals surface area contributed by atoms with Crippen LogP contribution in [0.5, 0.6) is 0 Å². The lowest BCUT2D eigenvalue weighted by molar-refractivity contribution is -0.384. The topological polar surface area (TPSA) is 86.2 Å². The third-order valence-corrected chi connectivity index (χ3v) is 4.05. The summed E-state index contributed by atoms with van der Waals surface area (Å²) in [6.45, 7) is 0.452. The molecule has 25 heavy (non-hydrogen) atoms. The number of aromatic nitrogens is 3. The SMILES string of the molecule is O=[N+]([O-])c1ccc2c(c1)C(c1ccc(F)cc1)=NCCc1nncn1-2. The van der Waals surface area contributed by atoms with E-state index < -0.39 is 4.92 Å². The first-order valence-electron chi connectivity index (χ1n) is 7.62. The molecule has 0 N–H and O–H groups in total. The van der Waals surface area contributed by atoms with Crippen LogP contribution in [-0.2, 0) is 6.42 Å². The molecule has 0 aliphatic carbocycles. The molecule has 4 rings (SSSR count). The Morgan fingerprint density at radius 2 is 1.96 bits per heavy atom. The van der Waals surface area contributed by atoms with Crippen molar-refractivity contribution in [2.24, 2.45) is 4.99 Å². The normalized spacial score (nSPS) is 13.2. The number of hydrogen-bond acceptors (Lipinski definition) is 5. The van der Waals surface area contributed by atoms with Gasteiger partial charge in [0.2, 0.25) is 0 Å². The van der Waals surface area contributed by atoms with E-state index >= 15 is 0 Å². The quantitative estimate of drug-likeness (QED) is 0.531. The summed E-state index contributed by atoms with van der Waals surface area (Å²) in [5.74, 6) is 0.382. The van der Waals surface area contributed by atoms with Crippen LogP contribution in [0, 0.1) is 15.9 Å². The maximum Gasteiger partial charge on any atom is 0.270 e. The molecule has 0 bridgehead atoms. The van der Waals surface area contributed by atoms with Gasteiger partial charge in [-0.25, -0.2) is 4.39 Å². The zero-order valence-corrected chi connectivity index (χ0v) is 13.0. The third-order valence-electron chi connectivity index (χ3n) is 4.05. The third kappa shape index (κ3) is 2.67. The second-order valence-corrected chi connectivity index (χ2v) is 5.56. The first-order chi connectivity index (χ1) is 12.1. The highest BCUT2D eigenvalue weighted by Crippen LogP contribution is 2.26. The maximum atomic E-state index is 13.3. The summed E-state index contributed by atoms with van der Waals surface area (Å²) in [7, 11) is 0. The summed E-state index contributed by atoms with van der Waals surface area (Å²) >= 11 is 0. The summed E-state index contributed by atoms with van der Waals surface area (Å²) in [5, 5.41) is 19.2. The van der Waals surface area contributed by atoms with Crippen LogP contribution < -0.4 is 0 Å². The van der Waals surface area contributed by atoms with Crippen molar-refractivity contribution >= 4 is 11.4 Å². The number of nitro benzene ring substituents is 1. The zero-order valence-electron chi connectivity index (χ0n) is 13.0. The number of aliphatic imine (C=N–C) groups is 1. The molecule has 8 heteroatoms. The van der Waals surface area contributed by atoms with E-state index in [0.29, 0.717) is 35.5 Å². The molecule has 1 aliphatic rings. The van der Waals surface area contributed by atoms with Crippen molar-refractivity contribution in [1.82, 2.24) is 14.8 Å². The molecule has 124 valence electrons. The van der Waals surface area contributed by atoms with Crippen LogP contribution in [0.15, 0.2) is 53.8 Å². The van der Waals surface area contributed by atoms with Gasteiger partial charge in [-0.15, -0.1) is 10.2 Å². The molecule has 1 aliphatic heterocycles. The first kappa shape index (κ1) is 15.1. The van der Waals surface area contributed by atoms with E-state index in [2.05, 4.69) is 15.2 Å². The van der Waals surface area contributed by atoms with Crippen molar-refractivity contribution in [3.05, 3.63) is 81.7 Å². The molecule has 0 unspecified atom stereocenters. The number of nitrogens with zero attached hydrogens (tertiary/aromatic N) is 5. The fourth-order valence-electron chi connectivity index (χ4n) is 2.88. The Hall–Kier alpha value is -3.42.